The molecule has 0 aromatic heterocycles. The fourth-order valence-electron chi connectivity index (χ4n) is 3.96. The van der Waals surface area contributed by atoms with E-state index in [2.05, 4.69) is 5.32 Å². The van der Waals surface area contributed by atoms with E-state index in [0.717, 1.165) is 6.07 Å². The number of benzene rings is 2. The topological polar surface area (TPSA) is 158 Å². The second kappa shape index (κ2) is 10.8. The van der Waals surface area contributed by atoms with Gasteiger partial charge in [-0.25, -0.2) is 4.39 Å². The molecule has 0 spiro atoms. The van der Waals surface area contributed by atoms with Crippen LogP contribution in [0, 0.1) is 11.2 Å². The third kappa shape index (κ3) is 5.35. The van der Waals surface area contributed by atoms with Gasteiger partial charge in [0.15, 0.2) is 12.2 Å². The van der Waals surface area contributed by atoms with Gasteiger partial charge < -0.3 is 35.4 Å². The molecule has 2 aliphatic rings. The van der Waals surface area contributed by atoms with Crippen LogP contribution in [0.25, 0.3) is 0 Å². The normalized spacial score (nSPS) is 19.1. The lowest BCUT2D eigenvalue weighted by molar-refractivity contribution is -0.150. The smallest absolute Gasteiger partial charge is 0.259 e. The number of carbonyl (C=O) groups excluding carboxylic acids is 3. The lowest BCUT2D eigenvalue weighted by atomic mass is 10.1. The predicted molar refractivity (Wildman–Crippen MR) is 127 cm³/mol. The average molecular weight is 499 g/mol. The average Bonchev–Trinajstić information content (AvgIpc) is 2.89. The highest BCUT2D eigenvalue weighted by molar-refractivity contribution is 6.05. The van der Waals surface area contributed by atoms with Gasteiger partial charge in [-0.2, -0.15) is 0 Å². The van der Waals surface area contributed by atoms with E-state index < -0.39 is 35.7 Å². The van der Waals surface area contributed by atoms with Crippen molar-refractivity contribution in [3.05, 3.63) is 59.4 Å². The molecule has 0 bridgehead atoms. The van der Waals surface area contributed by atoms with E-state index in [-0.39, 0.29) is 30.2 Å². The van der Waals surface area contributed by atoms with Gasteiger partial charge in [0.05, 0.1) is 25.4 Å². The van der Waals surface area contributed by atoms with Gasteiger partial charge in [0, 0.05) is 36.6 Å². The Morgan fingerprint density at radius 2 is 1.81 bits per heavy atom. The van der Waals surface area contributed by atoms with Crippen LogP contribution in [0.1, 0.15) is 15.9 Å². The number of hydrogen-bond donors (Lipinski definition) is 4. The number of nitrogens with zero attached hydrogens (tertiary/aromatic N) is 2. The van der Waals surface area contributed by atoms with Crippen LogP contribution < -0.4 is 16.0 Å². The minimum Gasteiger partial charge on any atom is -0.384 e. The van der Waals surface area contributed by atoms with Gasteiger partial charge >= 0.3 is 0 Å². The maximum Gasteiger partial charge on any atom is 0.259 e. The van der Waals surface area contributed by atoms with Crippen molar-refractivity contribution in [3.63, 3.8) is 0 Å². The Labute approximate surface area is 206 Å². The molecular weight excluding hydrogens is 473 g/mol. The number of hydrogen-bond acceptors (Lipinski definition) is 7. The van der Waals surface area contributed by atoms with Crippen LogP contribution in [0.15, 0.2) is 42.5 Å². The number of nitrogens with two attached hydrogens (primary N) is 1. The SMILES string of the molecule is N=C(N)c1ccc(NC(=O)[C@H](O)[C@H]2OCCN(c3ccc(F)c(C(=O)N4CCOCC4)c3)C2=O)cc1. The van der Waals surface area contributed by atoms with Crippen molar-refractivity contribution >= 4 is 34.9 Å². The van der Waals surface area contributed by atoms with E-state index in [4.69, 9.17) is 20.6 Å². The fraction of sp³-hybridized carbons (Fsp3) is 0.333. The number of ether oxygens (including phenoxy) is 2. The van der Waals surface area contributed by atoms with E-state index >= 15 is 0 Å². The first-order valence-electron chi connectivity index (χ1n) is 11.3. The summed E-state index contributed by atoms with van der Waals surface area (Å²) < 4.78 is 25.1. The highest BCUT2D eigenvalue weighted by Crippen LogP contribution is 2.25. The Kier molecular flexibility index (Phi) is 7.58. The van der Waals surface area contributed by atoms with Gasteiger partial charge in [-0.05, 0) is 42.5 Å². The number of amides is 3. The molecule has 2 heterocycles. The molecule has 36 heavy (non-hydrogen) atoms. The van der Waals surface area contributed by atoms with Crippen molar-refractivity contribution in [2.45, 2.75) is 12.2 Å². The maximum atomic E-state index is 14.5. The molecule has 2 saturated heterocycles. The molecule has 0 radical (unpaired) electrons. The van der Waals surface area contributed by atoms with E-state index in [1.807, 2.05) is 0 Å². The zero-order valence-electron chi connectivity index (χ0n) is 19.3. The van der Waals surface area contributed by atoms with Crippen LogP contribution in [0.5, 0.6) is 0 Å². The maximum absolute atomic E-state index is 14.5. The summed E-state index contributed by atoms with van der Waals surface area (Å²) >= 11 is 0. The summed E-state index contributed by atoms with van der Waals surface area (Å²) in [4.78, 5) is 41.3. The number of aliphatic hydroxyl groups is 1. The molecule has 190 valence electrons. The molecule has 0 unspecified atom stereocenters. The Bertz CT molecular complexity index is 1170. The fourth-order valence-corrected chi connectivity index (χ4v) is 3.96. The van der Waals surface area contributed by atoms with Gasteiger partial charge in [0.1, 0.15) is 11.7 Å². The zero-order chi connectivity index (χ0) is 25.8. The highest BCUT2D eigenvalue weighted by Gasteiger charge is 2.39. The summed E-state index contributed by atoms with van der Waals surface area (Å²) in [7, 11) is 0. The summed E-state index contributed by atoms with van der Waals surface area (Å²) in [6, 6.07) is 9.81. The minimum atomic E-state index is -1.83. The monoisotopic (exact) mass is 499 g/mol. The number of carbonyl (C=O) groups is 3. The van der Waals surface area contributed by atoms with Gasteiger partial charge in [0.2, 0.25) is 0 Å². The Morgan fingerprint density at radius 3 is 2.47 bits per heavy atom. The van der Waals surface area contributed by atoms with Gasteiger partial charge in [-0.1, -0.05) is 0 Å². The third-order valence-corrected chi connectivity index (χ3v) is 5.93. The Morgan fingerprint density at radius 1 is 1.11 bits per heavy atom. The third-order valence-electron chi connectivity index (χ3n) is 5.93. The first-order chi connectivity index (χ1) is 17.3. The van der Waals surface area contributed by atoms with Crippen molar-refractivity contribution in [2.75, 3.05) is 49.7 Å². The number of amidine groups is 1. The number of aliphatic hydroxyl groups excluding tert-OH is 1. The van der Waals surface area contributed by atoms with Crippen LogP contribution in [0.3, 0.4) is 0 Å². The molecule has 2 aromatic carbocycles. The molecule has 2 fully saturated rings. The molecule has 0 aliphatic carbocycles. The quantitative estimate of drug-likeness (QED) is 0.329. The first kappa shape index (κ1) is 25.2. The Balaban J connectivity index is 1.47. The van der Waals surface area contributed by atoms with Crippen molar-refractivity contribution in [1.82, 2.24) is 4.90 Å². The van der Waals surface area contributed by atoms with Crippen LogP contribution in [-0.4, -0.2) is 85.2 Å². The molecule has 0 saturated carbocycles. The van der Waals surface area contributed by atoms with E-state index in [1.165, 1.54) is 46.2 Å². The number of morpholine rings is 2. The van der Waals surface area contributed by atoms with Crippen LogP contribution in [0.2, 0.25) is 0 Å². The summed E-state index contributed by atoms with van der Waals surface area (Å²) in [5.74, 6) is -2.93. The molecule has 12 heteroatoms. The molecule has 4 rings (SSSR count). The number of anilines is 2. The molecular formula is C24H26FN5O6. The molecule has 11 nitrogen and oxygen atoms in total. The second-order valence-corrected chi connectivity index (χ2v) is 8.28. The van der Waals surface area contributed by atoms with Crippen molar-refractivity contribution in [2.24, 2.45) is 5.73 Å². The number of nitrogen functional groups attached to an aromatic ring is 1. The number of rotatable bonds is 6. The summed E-state index contributed by atoms with van der Waals surface area (Å²) in [6.07, 6.45) is -3.33. The molecule has 5 N–H and O–H groups in total. The zero-order valence-corrected chi connectivity index (χ0v) is 19.3. The summed E-state index contributed by atoms with van der Waals surface area (Å²) in [5.41, 5.74) is 6.26. The van der Waals surface area contributed by atoms with Gasteiger partial charge in [-0.15, -0.1) is 0 Å². The van der Waals surface area contributed by atoms with Crippen molar-refractivity contribution in [1.29, 1.82) is 5.41 Å². The number of nitrogens with one attached hydrogen (secondary N) is 2. The van der Waals surface area contributed by atoms with Crippen LogP contribution in [0.4, 0.5) is 15.8 Å². The predicted octanol–water partition coefficient (Wildman–Crippen LogP) is 0.314. The van der Waals surface area contributed by atoms with Crippen molar-refractivity contribution in [3.8, 4) is 0 Å². The second-order valence-electron chi connectivity index (χ2n) is 8.28. The Hall–Kier alpha value is -3.87. The highest BCUT2D eigenvalue weighted by atomic mass is 19.1. The standard InChI is InChI=1S/C24H26FN5O6/c25-18-6-5-16(13-17(18)23(33)29-7-10-35-11-8-29)30-9-12-36-20(24(30)34)19(31)22(32)28-15-3-1-14(2-4-15)21(26)27/h1-6,13,19-20,31H,7-12H2,(H3,26,27)(H,28,32)/t19-,20-/m1/s1. The molecule has 2 aliphatic heterocycles. The minimum absolute atomic E-state index is 0.0121. The number of halogens is 1. The van der Waals surface area contributed by atoms with E-state index in [1.54, 1.807) is 0 Å². The molecule has 2 aromatic rings. The lowest BCUT2D eigenvalue weighted by Gasteiger charge is -2.34. The molecule has 2 atom stereocenters. The van der Waals surface area contributed by atoms with Crippen LogP contribution in [-0.2, 0) is 19.1 Å². The van der Waals surface area contributed by atoms with Gasteiger partial charge in [0.25, 0.3) is 17.7 Å². The van der Waals surface area contributed by atoms with E-state index in [9.17, 15) is 23.9 Å². The largest absolute Gasteiger partial charge is 0.384 e. The van der Waals surface area contributed by atoms with Crippen molar-refractivity contribution < 1.29 is 33.4 Å². The van der Waals surface area contributed by atoms with Crippen LogP contribution >= 0.6 is 0 Å². The summed E-state index contributed by atoms with van der Waals surface area (Å²) in [6.45, 7) is 1.49. The first-order valence-corrected chi connectivity index (χ1v) is 11.3. The lowest BCUT2D eigenvalue weighted by Crippen LogP contribution is -2.55. The molecule has 3 amide bonds. The van der Waals surface area contributed by atoms with Gasteiger partial charge in [-0.3, -0.25) is 19.8 Å². The summed E-state index contributed by atoms with van der Waals surface area (Å²) in [5, 5.41) is 20.5. The van der Waals surface area contributed by atoms with E-state index in [0.29, 0.717) is 37.6 Å².